The molecule has 0 aliphatic heterocycles. The standard InChI is InChI=1S/C23H22N4O2S/c1-15(20-13-17-7-5-6-10-19(17)29-20)24-21(28)14-30-23-26-25-22(16-11-12-16)27(23)18-8-3-2-4-9-18/h2-10,13,15-16H,11-12,14H2,1H3,(H,24,28)/t15-/m0/s1. The summed E-state index contributed by atoms with van der Waals surface area (Å²) in [4.78, 5) is 12.6. The van der Waals surface area contributed by atoms with Gasteiger partial charge in [0.1, 0.15) is 17.2 Å². The minimum absolute atomic E-state index is 0.0662. The van der Waals surface area contributed by atoms with E-state index in [4.69, 9.17) is 4.42 Å². The monoisotopic (exact) mass is 418 g/mol. The van der Waals surface area contributed by atoms with Gasteiger partial charge in [-0.15, -0.1) is 10.2 Å². The van der Waals surface area contributed by atoms with Gasteiger partial charge in [0.2, 0.25) is 5.91 Å². The highest BCUT2D eigenvalue weighted by atomic mass is 32.2. The Labute approximate surface area is 178 Å². The Bertz CT molecular complexity index is 1150. The van der Waals surface area contributed by atoms with Crippen LogP contribution in [0, 0.1) is 0 Å². The fourth-order valence-corrected chi connectivity index (χ4v) is 4.27. The molecular formula is C23H22N4O2S. The molecule has 0 spiro atoms. The summed E-state index contributed by atoms with van der Waals surface area (Å²) in [6.07, 6.45) is 2.29. The Kier molecular flexibility index (Phi) is 5.04. The lowest BCUT2D eigenvalue weighted by atomic mass is 10.2. The van der Waals surface area contributed by atoms with Gasteiger partial charge in [0, 0.05) is 17.0 Å². The second-order valence-electron chi connectivity index (χ2n) is 7.55. The van der Waals surface area contributed by atoms with Gasteiger partial charge in [-0.3, -0.25) is 9.36 Å². The van der Waals surface area contributed by atoms with Crippen molar-refractivity contribution in [2.75, 3.05) is 5.75 Å². The molecule has 2 aromatic carbocycles. The van der Waals surface area contributed by atoms with E-state index in [9.17, 15) is 4.79 Å². The number of para-hydroxylation sites is 2. The van der Waals surface area contributed by atoms with Gasteiger partial charge in [0.15, 0.2) is 5.16 Å². The molecule has 1 aliphatic rings. The van der Waals surface area contributed by atoms with Gasteiger partial charge in [-0.1, -0.05) is 48.2 Å². The van der Waals surface area contributed by atoms with E-state index < -0.39 is 0 Å². The van der Waals surface area contributed by atoms with E-state index in [2.05, 4.69) is 20.1 Å². The zero-order valence-electron chi connectivity index (χ0n) is 16.6. The number of amides is 1. The summed E-state index contributed by atoms with van der Waals surface area (Å²) in [5.74, 6) is 2.40. The number of aromatic nitrogens is 3. The van der Waals surface area contributed by atoms with Gasteiger partial charge >= 0.3 is 0 Å². The third-order valence-electron chi connectivity index (χ3n) is 5.20. The number of thioether (sulfide) groups is 1. The third kappa shape index (κ3) is 3.85. The first-order valence-electron chi connectivity index (χ1n) is 10.1. The van der Waals surface area contributed by atoms with Crippen molar-refractivity contribution in [1.29, 1.82) is 0 Å². The van der Waals surface area contributed by atoms with Crippen molar-refractivity contribution in [1.82, 2.24) is 20.1 Å². The van der Waals surface area contributed by atoms with Crippen LogP contribution in [0.3, 0.4) is 0 Å². The maximum absolute atomic E-state index is 12.6. The summed E-state index contributed by atoms with van der Waals surface area (Å²) in [7, 11) is 0. The van der Waals surface area contributed by atoms with Crippen molar-refractivity contribution >= 4 is 28.6 Å². The summed E-state index contributed by atoms with van der Waals surface area (Å²) in [5, 5.41) is 13.6. The molecule has 1 atom stereocenters. The topological polar surface area (TPSA) is 73.0 Å². The highest BCUT2D eigenvalue weighted by Crippen LogP contribution is 2.41. The number of benzene rings is 2. The van der Waals surface area contributed by atoms with Crippen LogP contribution in [0.1, 0.15) is 43.3 Å². The summed E-state index contributed by atoms with van der Waals surface area (Å²) in [6.45, 7) is 1.93. The largest absolute Gasteiger partial charge is 0.459 e. The molecule has 152 valence electrons. The number of carbonyl (C=O) groups excluding carboxylic acids is 1. The summed E-state index contributed by atoms with van der Waals surface area (Å²) in [5.41, 5.74) is 1.86. The molecule has 2 heterocycles. The Hall–Kier alpha value is -3.06. The van der Waals surface area contributed by atoms with E-state index in [1.165, 1.54) is 11.8 Å². The van der Waals surface area contributed by atoms with Gasteiger partial charge in [-0.05, 0) is 44.0 Å². The van der Waals surface area contributed by atoms with Gasteiger partial charge in [0.25, 0.3) is 0 Å². The third-order valence-corrected chi connectivity index (χ3v) is 6.13. The Morgan fingerprint density at radius 3 is 2.70 bits per heavy atom. The van der Waals surface area contributed by atoms with Gasteiger partial charge in [-0.25, -0.2) is 0 Å². The van der Waals surface area contributed by atoms with Crippen LogP contribution < -0.4 is 5.32 Å². The average molecular weight is 419 g/mol. The molecule has 1 saturated carbocycles. The number of nitrogens with zero attached hydrogens (tertiary/aromatic N) is 3. The number of furan rings is 1. The minimum atomic E-state index is -0.209. The lowest BCUT2D eigenvalue weighted by Crippen LogP contribution is -2.28. The second kappa shape index (κ2) is 7.99. The van der Waals surface area contributed by atoms with Gasteiger partial charge < -0.3 is 9.73 Å². The quantitative estimate of drug-likeness (QED) is 0.434. The fourth-order valence-electron chi connectivity index (χ4n) is 3.50. The van der Waals surface area contributed by atoms with E-state index in [0.717, 1.165) is 46.2 Å². The van der Waals surface area contributed by atoms with Crippen LogP contribution in [0.2, 0.25) is 0 Å². The Morgan fingerprint density at radius 2 is 1.93 bits per heavy atom. The summed E-state index contributed by atoms with van der Waals surface area (Å²) >= 11 is 1.40. The highest BCUT2D eigenvalue weighted by Gasteiger charge is 2.31. The first-order chi connectivity index (χ1) is 14.7. The molecule has 0 bridgehead atoms. The van der Waals surface area contributed by atoms with Crippen LogP contribution in [0.4, 0.5) is 0 Å². The predicted molar refractivity (Wildman–Crippen MR) is 117 cm³/mol. The molecule has 1 fully saturated rings. The normalized spacial score (nSPS) is 14.7. The number of nitrogens with one attached hydrogen (secondary N) is 1. The summed E-state index contributed by atoms with van der Waals surface area (Å²) in [6, 6.07) is 19.7. The van der Waals surface area contributed by atoms with Crippen molar-refractivity contribution in [3.8, 4) is 5.69 Å². The molecular weight excluding hydrogens is 396 g/mol. The number of rotatable bonds is 7. The van der Waals surface area contributed by atoms with Crippen LogP contribution in [0.5, 0.6) is 0 Å². The van der Waals surface area contributed by atoms with Gasteiger partial charge in [0.05, 0.1) is 11.8 Å². The van der Waals surface area contributed by atoms with Crippen molar-refractivity contribution in [2.45, 2.75) is 36.9 Å². The molecule has 2 aromatic heterocycles. The number of carbonyl (C=O) groups is 1. The average Bonchev–Trinajstić information content (AvgIpc) is 3.37. The first kappa shape index (κ1) is 18.9. The molecule has 1 aliphatic carbocycles. The Morgan fingerprint density at radius 1 is 1.17 bits per heavy atom. The van der Waals surface area contributed by atoms with Crippen LogP contribution in [-0.4, -0.2) is 26.4 Å². The van der Waals surface area contributed by atoms with E-state index in [1.807, 2.05) is 67.6 Å². The maximum atomic E-state index is 12.6. The molecule has 5 rings (SSSR count). The van der Waals surface area contributed by atoms with Crippen LogP contribution in [0.15, 0.2) is 70.2 Å². The van der Waals surface area contributed by atoms with Crippen LogP contribution in [0.25, 0.3) is 16.7 Å². The molecule has 0 radical (unpaired) electrons. The van der Waals surface area contributed by atoms with Crippen molar-refractivity contribution in [2.24, 2.45) is 0 Å². The predicted octanol–water partition coefficient (Wildman–Crippen LogP) is 4.86. The minimum Gasteiger partial charge on any atom is -0.459 e. The molecule has 0 saturated heterocycles. The molecule has 7 heteroatoms. The van der Waals surface area contributed by atoms with Crippen LogP contribution >= 0.6 is 11.8 Å². The fraction of sp³-hybridized carbons (Fsp3) is 0.261. The molecule has 0 unspecified atom stereocenters. The van der Waals surface area contributed by atoms with E-state index in [0.29, 0.717) is 5.92 Å². The molecule has 30 heavy (non-hydrogen) atoms. The van der Waals surface area contributed by atoms with E-state index in [1.54, 1.807) is 0 Å². The SMILES string of the molecule is C[C@H](NC(=O)CSc1nnc(C2CC2)n1-c1ccccc1)c1cc2ccccc2o1. The smallest absolute Gasteiger partial charge is 0.231 e. The van der Waals surface area contributed by atoms with Crippen molar-refractivity contribution in [3.63, 3.8) is 0 Å². The molecule has 4 aromatic rings. The lowest BCUT2D eigenvalue weighted by molar-refractivity contribution is -0.119. The summed E-state index contributed by atoms with van der Waals surface area (Å²) < 4.78 is 7.94. The zero-order valence-corrected chi connectivity index (χ0v) is 17.4. The number of hydrogen-bond acceptors (Lipinski definition) is 5. The maximum Gasteiger partial charge on any atom is 0.231 e. The van der Waals surface area contributed by atoms with Crippen LogP contribution in [-0.2, 0) is 4.79 Å². The molecule has 1 amide bonds. The van der Waals surface area contributed by atoms with E-state index >= 15 is 0 Å². The lowest BCUT2D eigenvalue weighted by Gasteiger charge is -2.12. The highest BCUT2D eigenvalue weighted by molar-refractivity contribution is 7.99. The first-order valence-corrected chi connectivity index (χ1v) is 11.1. The van der Waals surface area contributed by atoms with E-state index in [-0.39, 0.29) is 17.7 Å². The van der Waals surface area contributed by atoms with Crippen molar-refractivity contribution < 1.29 is 9.21 Å². The molecule has 1 N–H and O–H groups in total. The number of hydrogen-bond donors (Lipinski definition) is 1. The zero-order chi connectivity index (χ0) is 20.5. The van der Waals surface area contributed by atoms with Gasteiger partial charge in [-0.2, -0.15) is 0 Å². The Balaban J connectivity index is 1.27. The second-order valence-corrected chi connectivity index (χ2v) is 8.49. The number of fused-ring (bicyclic) bond motifs is 1. The molecule has 6 nitrogen and oxygen atoms in total. The van der Waals surface area contributed by atoms with Crippen molar-refractivity contribution in [3.05, 3.63) is 72.2 Å².